The lowest BCUT2D eigenvalue weighted by Crippen LogP contribution is -2.16. The largest absolute Gasteiger partial charge is 0.378 e. The van der Waals surface area contributed by atoms with Crippen LogP contribution < -0.4 is 5.32 Å². The number of hydrogen-bond acceptors (Lipinski definition) is 2. The number of anilines is 1. The molecule has 104 valence electrons. The van der Waals surface area contributed by atoms with Gasteiger partial charge < -0.3 is 5.32 Å². The summed E-state index contributed by atoms with van der Waals surface area (Å²) in [6.45, 7) is 0. The quantitative estimate of drug-likeness (QED) is 0.638. The normalized spacial score (nSPS) is 17.6. The molecule has 2 aromatic rings. The van der Waals surface area contributed by atoms with Crippen LogP contribution in [0.5, 0.6) is 0 Å². The monoisotopic (exact) mass is 387 g/mol. The number of hydrogen-bond donors (Lipinski definition) is 1. The first-order chi connectivity index (χ1) is 9.63. The highest BCUT2D eigenvalue weighted by molar-refractivity contribution is 9.10. The van der Waals surface area contributed by atoms with Crippen LogP contribution in [-0.4, -0.2) is 5.75 Å². The average Bonchev–Trinajstić information content (AvgIpc) is 2.44. The van der Waals surface area contributed by atoms with Crippen LogP contribution in [0.4, 0.5) is 5.69 Å². The molecular formula is C15H12BrCl2NS. The van der Waals surface area contributed by atoms with Crippen LogP contribution in [0.2, 0.25) is 10.0 Å². The van der Waals surface area contributed by atoms with Crippen LogP contribution in [-0.2, 0) is 0 Å². The highest BCUT2D eigenvalue weighted by atomic mass is 79.9. The average molecular weight is 389 g/mol. The Bertz CT molecular complexity index is 648. The molecule has 0 fully saturated rings. The van der Waals surface area contributed by atoms with Gasteiger partial charge in [0.15, 0.2) is 0 Å². The maximum absolute atomic E-state index is 6.14. The fraction of sp³-hybridized carbons (Fsp3) is 0.200. The number of fused-ring (bicyclic) bond motifs is 1. The van der Waals surface area contributed by atoms with Crippen molar-refractivity contribution >= 4 is 56.6 Å². The molecule has 0 amide bonds. The van der Waals surface area contributed by atoms with Crippen molar-refractivity contribution in [3.8, 4) is 0 Å². The van der Waals surface area contributed by atoms with E-state index in [0.29, 0.717) is 5.02 Å². The third-order valence-electron chi connectivity index (χ3n) is 3.27. The fourth-order valence-electron chi connectivity index (χ4n) is 2.30. The zero-order chi connectivity index (χ0) is 14.1. The van der Waals surface area contributed by atoms with Crippen molar-refractivity contribution in [1.82, 2.24) is 0 Å². The van der Waals surface area contributed by atoms with Crippen LogP contribution in [0.25, 0.3) is 0 Å². The van der Waals surface area contributed by atoms with Crippen LogP contribution >= 0.6 is 50.9 Å². The molecule has 0 bridgehead atoms. The van der Waals surface area contributed by atoms with Gasteiger partial charge in [0.2, 0.25) is 0 Å². The Hall–Kier alpha value is -0.350. The van der Waals surface area contributed by atoms with E-state index >= 15 is 0 Å². The molecule has 3 rings (SSSR count). The summed E-state index contributed by atoms with van der Waals surface area (Å²) in [5, 5.41) is 5.05. The van der Waals surface area contributed by atoms with Gasteiger partial charge in [-0.05, 0) is 64.3 Å². The minimum atomic E-state index is 0.280. The van der Waals surface area contributed by atoms with Gasteiger partial charge in [-0.1, -0.05) is 23.2 Å². The molecule has 1 atom stereocenters. The van der Waals surface area contributed by atoms with Crippen molar-refractivity contribution < 1.29 is 0 Å². The van der Waals surface area contributed by atoms with E-state index in [0.717, 1.165) is 27.4 Å². The first kappa shape index (κ1) is 14.6. The molecule has 0 spiro atoms. The van der Waals surface area contributed by atoms with E-state index < -0.39 is 0 Å². The summed E-state index contributed by atoms with van der Waals surface area (Å²) in [5.74, 6) is 1.11. The lowest BCUT2D eigenvalue weighted by Gasteiger charge is -2.27. The topological polar surface area (TPSA) is 12.0 Å². The maximum atomic E-state index is 6.14. The Morgan fingerprint density at radius 1 is 1.15 bits per heavy atom. The van der Waals surface area contributed by atoms with E-state index in [1.165, 1.54) is 10.5 Å². The van der Waals surface area contributed by atoms with Gasteiger partial charge in [0.25, 0.3) is 0 Å². The molecule has 0 saturated heterocycles. The lowest BCUT2D eigenvalue weighted by atomic mass is 10.0. The summed E-state index contributed by atoms with van der Waals surface area (Å²) in [6.07, 6.45) is 1.08. The number of rotatable bonds is 2. The maximum Gasteiger partial charge on any atom is 0.0568 e. The Labute approximate surface area is 141 Å². The van der Waals surface area contributed by atoms with E-state index in [9.17, 15) is 0 Å². The van der Waals surface area contributed by atoms with Gasteiger partial charge >= 0.3 is 0 Å². The third kappa shape index (κ3) is 3.11. The van der Waals surface area contributed by atoms with Crippen molar-refractivity contribution in [3.05, 3.63) is 56.5 Å². The van der Waals surface area contributed by atoms with Gasteiger partial charge in [-0.3, -0.25) is 0 Å². The van der Waals surface area contributed by atoms with Crippen molar-refractivity contribution in [3.63, 3.8) is 0 Å². The second-order valence-electron chi connectivity index (χ2n) is 4.65. The Morgan fingerprint density at radius 3 is 2.80 bits per heavy atom. The number of benzene rings is 2. The van der Waals surface area contributed by atoms with E-state index in [4.69, 9.17) is 23.2 Å². The minimum absolute atomic E-state index is 0.280. The molecule has 1 nitrogen and oxygen atoms in total. The minimum Gasteiger partial charge on any atom is -0.378 e. The fourth-order valence-corrected chi connectivity index (χ4v) is 4.02. The van der Waals surface area contributed by atoms with Crippen LogP contribution in [0.3, 0.4) is 0 Å². The van der Waals surface area contributed by atoms with Crippen molar-refractivity contribution in [2.75, 3.05) is 11.1 Å². The van der Waals surface area contributed by atoms with Crippen molar-refractivity contribution in [1.29, 1.82) is 0 Å². The molecule has 0 saturated carbocycles. The first-order valence-corrected chi connectivity index (χ1v) is 8.81. The summed E-state index contributed by atoms with van der Waals surface area (Å²) in [7, 11) is 0. The molecule has 0 aromatic heterocycles. The highest BCUT2D eigenvalue weighted by Crippen LogP contribution is 2.39. The van der Waals surface area contributed by atoms with Gasteiger partial charge in [-0.2, -0.15) is 0 Å². The van der Waals surface area contributed by atoms with Crippen LogP contribution in [0.15, 0.2) is 45.8 Å². The van der Waals surface area contributed by atoms with Crippen LogP contribution in [0.1, 0.15) is 18.0 Å². The second-order valence-corrected chi connectivity index (χ2v) is 7.48. The highest BCUT2D eigenvalue weighted by Gasteiger charge is 2.21. The predicted molar refractivity (Wildman–Crippen MR) is 92.3 cm³/mol. The summed E-state index contributed by atoms with van der Waals surface area (Å²) in [5.41, 5.74) is 2.30. The van der Waals surface area contributed by atoms with Crippen molar-refractivity contribution in [2.45, 2.75) is 17.4 Å². The third-order valence-corrected chi connectivity index (χ3v) is 5.86. The van der Waals surface area contributed by atoms with E-state index in [2.05, 4.69) is 33.4 Å². The van der Waals surface area contributed by atoms with Crippen molar-refractivity contribution in [2.24, 2.45) is 0 Å². The SMILES string of the molecule is Clc1ccc2c(c1)C(Nc1ccc(Br)c(Cl)c1)CCS2. The lowest BCUT2D eigenvalue weighted by molar-refractivity contribution is 0.729. The Kier molecular flexibility index (Phi) is 4.51. The summed E-state index contributed by atoms with van der Waals surface area (Å²) < 4.78 is 0.910. The molecule has 0 radical (unpaired) electrons. The standard InChI is InChI=1S/C15H12BrCl2NS/c16-12-3-2-10(8-13(12)18)19-14-5-6-20-15-4-1-9(17)7-11(14)15/h1-4,7-8,14,19H,5-6H2. The Morgan fingerprint density at radius 2 is 2.00 bits per heavy atom. The summed E-state index contributed by atoms with van der Waals surface area (Å²) >= 11 is 17.6. The van der Waals surface area contributed by atoms with Gasteiger partial charge in [-0.15, -0.1) is 11.8 Å². The zero-order valence-corrected chi connectivity index (χ0v) is 14.4. The number of halogens is 3. The van der Waals surface area contributed by atoms with E-state index in [-0.39, 0.29) is 6.04 Å². The van der Waals surface area contributed by atoms with Gasteiger partial charge in [0.1, 0.15) is 0 Å². The van der Waals surface area contributed by atoms with Gasteiger partial charge in [0.05, 0.1) is 11.1 Å². The smallest absolute Gasteiger partial charge is 0.0568 e. The molecule has 1 aliphatic heterocycles. The molecule has 20 heavy (non-hydrogen) atoms. The first-order valence-electron chi connectivity index (χ1n) is 6.27. The van der Waals surface area contributed by atoms with Gasteiger partial charge in [0, 0.05) is 25.8 Å². The van der Waals surface area contributed by atoms with Gasteiger partial charge in [-0.25, -0.2) is 0 Å². The molecule has 5 heteroatoms. The number of nitrogens with one attached hydrogen (secondary N) is 1. The van der Waals surface area contributed by atoms with E-state index in [1.807, 2.05) is 36.0 Å². The number of thioether (sulfide) groups is 1. The zero-order valence-electron chi connectivity index (χ0n) is 10.5. The molecule has 1 aliphatic rings. The molecule has 1 N–H and O–H groups in total. The molecule has 2 aromatic carbocycles. The molecule has 0 aliphatic carbocycles. The predicted octanol–water partition coefficient (Wildman–Crippen LogP) is 6.40. The molecule has 1 unspecified atom stereocenters. The Balaban J connectivity index is 1.89. The molecule has 1 heterocycles. The second kappa shape index (κ2) is 6.18. The summed E-state index contributed by atoms with van der Waals surface area (Å²) in [6, 6.07) is 12.3. The van der Waals surface area contributed by atoms with Crippen LogP contribution in [0, 0.1) is 0 Å². The summed E-state index contributed by atoms with van der Waals surface area (Å²) in [4.78, 5) is 1.31. The van der Waals surface area contributed by atoms with E-state index in [1.54, 1.807) is 0 Å². The molecular weight excluding hydrogens is 377 g/mol.